The zero-order valence-electron chi connectivity index (χ0n) is 15.4. The molecule has 7 heteroatoms. The van der Waals surface area contributed by atoms with Gasteiger partial charge in [0.2, 0.25) is 10.0 Å². The van der Waals surface area contributed by atoms with Crippen LogP contribution in [-0.4, -0.2) is 41.3 Å². The number of H-pyrrole nitrogens is 1. The second-order valence-corrected chi connectivity index (χ2v) is 10.5. The minimum atomic E-state index is -3.57. The highest BCUT2D eigenvalue weighted by atomic mass is 32.2. The second kappa shape index (κ2) is 5.63. The third kappa shape index (κ3) is 2.44. The Balaban J connectivity index is 1.57. The number of hydrogen-bond acceptors (Lipinski definition) is 4. The summed E-state index contributed by atoms with van der Waals surface area (Å²) in [5.41, 5.74) is 0.714. The number of nitrogens with one attached hydrogen (secondary N) is 1. The van der Waals surface area contributed by atoms with E-state index in [1.807, 2.05) is 24.3 Å². The number of aromatic nitrogens is 2. The number of rotatable bonds is 5. The van der Waals surface area contributed by atoms with Crippen LogP contribution in [-0.2, 0) is 21.4 Å². The maximum atomic E-state index is 13.1. The van der Waals surface area contributed by atoms with Crippen LogP contribution >= 0.6 is 0 Å². The van der Waals surface area contributed by atoms with Crippen molar-refractivity contribution in [1.29, 1.82) is 0 Å². The molecule has 2 saturated carbocycles. The fourth-order valence-corrected chi connectivity index (χ4v) is 6.76. The number of hydrogen-bond donors (Lipinski definition) is 1. The molecule has 2 aliphatic carbocycles. The Morgan fingerprint density at radius 1 is 1.31 bits per heavy atom. The van der Waals surface area contributed by atoms with Gasteiger partial charge in [-0.05, 0) is 36.3 Å². The van der Waals surface area contributed by atoms with Crippen LogP contribution in [0.4, 0.5) is 0 Å². The third-order valence-electron chi connectivity index (χ3n) is 6.85. The number of sulfonamides is 1. The lowest BCUT2D eigenvalue weighted by Crippen LogP contribution is -2.45. The van der Waals surface area contributed by atoms with E-state index >= 15 is 0 Å². The Kier molecular flexibility index (Phi) is 3.83. The summed E-state index contributed by atoms with van der Waals surface area (Å²) in [6.45, 7) is 4.29. The van der Waals surface area contributed by atoms with Crippen molar-refractivity contribution in [3.63, 3.8) is 0 Å². The molecule has 0 spiro atoms. The first-order valence-electron chi connectivity index (χ1n) is 9.07. The number of nitrogens with zero attached hydrogens (tertiary/aromatic N) is 2. The summed E-state index contributed by atoms with van der Waals surface area (Å²) in [6.07, 6.45) is 2.15. The summed E-state index contributed by atoms with van der Waals surface area (Å²) >= 11 is 0. The molecule has 4 rings (SSSR count). The van der Waals surface area contributed by atoms with Gasteiger partial charge < -0.3 is 4.98 Å². The summed E-state index contributed by atoms with van der Waals surface area (Å²) in [6, 6.07) is 7.62. The lowest BCUT2D eigenvalue weighted by molar-refractivity contribution is -0.128. The van der Waals surface area contributed by atoms with Crippen LogP contribution in [0.2, 0.25) is 0 Å². The maximum absolute atomic E-state index is 13.1. The van der Waals surface area contributed by atoms with Crippen LogP contribution in [0.3, 0.4) is 0 Å². The van der Waals surface area contributed by atoms with Crippen molar-refractivity contribution in [3.05, 3.63) is 30.1 Å². The monoisotopic (exact) mass is 375 g/mol. The molecular formula is C19H25N3O3S. The summed E-state index contributed by atoms with van der Waals surface area (Å²) in [5, 5.41) is 0. The molecule has 1 heterocycles. The van der Waals surface area contributed by atoms with Crippen LogP contribution in [0.25, 0.3) is 11.0 Å². The minimum Gasteiger partial charge on any atom is -0.341 e. The van der Waals surface area contributed by atoms with Crippen LogP contribution in [0, 0.1) is 16.7 Å². The summed E-state index contributed by atoms with van der Waals surface area (Å²) in [4.78, 5) is 20.3. The number of carbonyl (C=O) groups is 1. The van der Waals surface area contributed by atoms with E-state index in [1.54, 1.807) is 7.05 Å². The normalized spacial score (nSPS) is 27.7. The Morgan fingerprint density at radius 2 is 2.04 bits per heavy atom. The zero-order chi connectivity index (χ0) is 18.7. The molecule has 0 amide bonds. The van der Waals surface area contributed by atoms with E-state index in [-0.39, 0.29) is 23.5 Å². The third-order valence-corrected chi connectivity index (χ3v) is 8.79. The number of para-hydroxylation sites is 2. The molecule has 2 bridgehead atoms. The standard InChI is InChI=1S/C19H25N3O3S/c1-18(2)13-8-9-19(18,16(23)10-13)12-26(24,25)22(3)11-17-20-14-6-4-5-7-15(14)21-17/h4-7,13H,8-12H2,1-3H3,(H,20,21). The fourth-order valence-electron chi connectivity index (χ4n) is 4.92. The quantitative estimate of drug-likeness (QED) is 0.871. The lowest BCUT2D eigenvalue weighted by Gasteiger charge is -2.37. The van der Waals surface area contributed by atoms with Crippen molar-refractivity contribution in [2.75, 3.05) is 12.8 Å². The van der Waals surface area contributed by atoms with Gasteiger partial charge in [-0.3, -0.25) is 4.79 Å². The van der Waals surface area contributed by atoms with E-state index in [0.29, 0.717) is 24.6 Å². The van der Waals surface area contributed by atoms with Crippen molar-refractivity contribution in [2.45, 2.75) is 39.7 Å². The highest BCUT2D eigenvalue weighted by Crippen LogP contribution is 2.64. The van der Waals surface area contributed by atoms with Crippen molar-refractivity contribution in [3.8, 4) is 0 Å². The first-order chi connectivity index (χ1) is 12.2. The largest absolute Gasteiger partial charge is 0.341 e. The molecule has 0 saturated heterocycles. The Hall–Kier alpha value is -1.73. The summed E-state index contributed by atoms with van der Waals surface area (Å²) in [7, 11) is -2.01. The number of imidazole rings is 1. The van der Waals surface area contributed by atoms with Crippen molar-refractivity contribution >= 4 is 26.8 Å². The van der Waals surface area contributed by atoms with Gasteiger partial charge in [0.1, 0.15) is 11.6 Å². The van der Waals surface area contributed by atoms with Gasteiger partial charge in [-0.2, -0.15) is 4.31 Å². The highest BCUT2D eigenvalue weighted by Gasteiger charge is 2.65. The van der Waals surface area contributed by atoms with E-state index in [2.05, 4.69) is 23.8 Å². The van der Waals surface area contributed by atoms with Crippen LogP contribution < -0.4 is 0 Å². The van der Waals surface area contributed by atoms with Crippen molar-refractivity contribution in [1.82, 2.24) is 14.3 Å². The average molecular weight is 375 g/mol. The molecule has 1 N–H and O–H groups in total. The predicted octanol–water partition coefficient (Wildman–Crippen LogP) is 2.72. The van der Waals surface area contributed by atoms with Crippen LogP contribution in [0.15, 0.2) is 24.3 Å². The average Bonchev–Trinajstić information content (AvgIpc) is 3.13. The Morgan fingerprint density at radius 3 is 2.65 bits per heavy atom. The van der Waals surface area contributed by atoms with Crippen LogP contribution in [0.1, 0.15) is 38.9 Å². The van der Waals surface area contributed by atoms with E-state index < -0.39 is 15.4 Å². The molecule has 0 radical (unpaired) electrons. The molecule has 2 unspecified atom stereocenters. The number of ketones is 1. The first-order valence-corrected chi connectivity index (χ1v) is 10.7. The molecule has 2 atom stereocenters. The molecule has 1 aromatic carbocycles. The lowest BCUT2D eigenvalue weighted by atomic mass is 9.70. The molecule has 2 fully saturated rings. The van der Waals surface area contributed by atoms with Gasteiger partial charge in [0.25, 0.3) is 0 Å². The first kappa shape index (κ1) is 17.7. The van der Waals surface area contributed by atoms with E-state index in [1.165, 1.54) is 4.31 Å². The number of benzene rings is 1. The molecule has 26 heavy (non-hydrogen) atoms. The highest BCUT2D eigenvalue weighted by molar-refractivity contribution is 7.89. The molecule has 6 nitrogen and oxygen atoms in total. The number of fused-ring (bicyclic) bond motifs is 3. The SMILES string of the molecule is CN(Cc1nc2ccccc2[nH]1)S(=O)(=O)CC12CCC(CC1=O)C2(C)C. The molecule has 2 aliphatic rings. The van der Waals surface area contributed by atoms with Gasteiger partial charge in [0.15, 0.2) is 0 Å². The van der Waals surface area contributed by atoms with Gasteiger partial charge >= 0.3 is 0 Å². The molecular weight excluding hydrogens is 350 g/mol. The fraction of sp³-hybridized carbons (Fsp3) is 0.579. The summed E-state index contributed by atoms with van der Waals surface area (Å²) < 4.78 is 27.4. The van der Waals surface area contributed by atoms with E-state index in [9.17, 15) is 13.2 Å². The topological polar surface area (TPSA) is 83.1 Å². The molecule has 2 aromatic rings. The van der Waals surface area contributed by atoms with Crippen molar-refractivity contribution in [2.24, 2.45) is 16.7 Å². The van der Waals surface area contributed by atoms with E-state index in [4.69, 9.17) is 0 Å². The van der Waals surface area contributed by atoms with Gasteiger partial charge in [-0.15, -0.1) is 0 Å². The van der Waals surface area contributed by atoms with Gasteiger partial charge in [0, 0.05) is 18.9 Å². The van der Waals surface area contributed by atoms with Crippen molar-refractivity contribution < 1.29 is 13.2 Å². The molecule has 1 aromatic heterocycles. The van der Waals surface area contributed by atoms with Gasteiger partial charge in [-0.25, -0.2) is 13.4 Å². The zero-order valence-corrected chi connectivity index (χ0v) is 16.3. The summed E-state index contributed by atoms with van der Waals surface area (Å²) in [5.74, 6) is 0.945. The number of carbonyl (C=O) groups excluding carboxylic acids is 1. The number of Topliss-reactive ketones (excluding diaryl/α,β-unsaturated/α-hetero) is 1. The molecule has 0 aliphatic heterocycles. The predicted molar refractivity (Wildman–Crippen MR) is 99.9 cm³/mol. The van der Waals surface area contributed by atoms with Gasteiger partial charge in [0.05, 0.1) is 23.3 Å². The van der Waals surface area contributed by atoms with E-state index in [0.717, 1.165) is 17.5 Å². The smallest absolute Gasteiger partial charge is 0.215 e. The van der Waals surface area contributed by atoms with Crippen LogP contribution in [0.5, 0.6) is 0 Å². The second-order valence-electron chi connectivity index (χ2n) is 8.38. The number of aromatic amines is 1. The molecule has 140 valence electrons. The maximum Gasteiger partial charge on any atom is 0.215 e. The Labute approximate surface area is 154 Å². The van der Waals surface area contributed by atoms with Gasteiger partial charge in [-0.1, -0.05) is 26.0 Å². The minimum absolute atomic E-state index is 0.0982. The Bertz CT molecular complexity index is 946.